The van der Waals surface area contributed by atoms with Crippen molar-refractivity contribution in [2.45, 2.75) is 40.3 Å². The zero-order chi connectivity index (χ0) is 17.1. The van der Waals surface area contributed by atoms with E-state index in [9.17, 15) is 9.90 Å². The molecule has 0 unspecified atom stereocenters. The van der Waals surface area contributed by atoms with E-state index in [4.69, 9.17) is 23.2 Å². The van der Waals surface area contributed by atoms with Crippen molar-refractivity contribution < 1.29 is 5.11 Å². The molecule has 126 valence electrons. The van der Waals surface area contributed by atoms with E-state index in [-0.39, 0.29) is 38.2 Å². The molecule has 2 aromatic rings. The van der Waals surface area contributed by atoms with Gasteiger partial charge in [-0.25, -0.2) is 4.98 Å². The second-order valence-corrected chi connectivity index (χ2v) is 6.74. The monoisotopic (exact) mass is 357 g/mol. The molecule has 1 aromatic carbocycles. The van der Waals surface area contributed by atoms with Gasteiger partial charge in [0.1, 0.15) is 11.3 Å². The first kappa shape index (κ1) is 18.0. The molecule has 2 rings (SSSR count). The highest BCUT2D eigenvalue weighted by Gasteiger charge is 2.18. The molecule has 0 fully saturated rings. The average Bonchev–Trinajstić information content (AvgIpc) is 2.47. The SMILES string of the molecule is CCCNCc1nc2c(O)c(Cl)cc(Cl)c2c(=O)n1CC(C)C. The molecular formula is C16H21Cl2N3O2. The minimum absolute atomic E-state index is 0.0866. The van der Waals surface area contributed by atoms with Gasteiger partial charge in [0.05, 0.1) is 22.0 Å². The van der Waals surface area contributed by atoms with Crippen molar-refractivity contribution in [1.29, 1.82) is 0 Å². The quantitative estimate of drug-likeness (QED) is 0.775. The standard InChI is InChI=1S/C16H21Cl2N3O2/c1-4-5-19-7-12-20-14-13(10(17)6-11(18)15(14)22)16(23)21(12)8-9(2)3/h6,9,19,22H,4-5,7-8H2,1-3H3. The third-order valence-corrected chi connectivity index (χ3v) is 4.03. The first-order valence-electron chi connectivity index (χ1n) is 7.67. The molecule has 5 nitrogen and oxygen atoms in total. The van der Waals surface area contributed by atoms with Crippen LogP contribution in [0.5, 0.6) is 5.75 Å². The predicted molar refractivity (Wildman–Crippen MR) is 94.5 cm³/mol. The number of benzene rings is 1. The Hall–Kier alpha value is -1.30. The van der Waals surface area contributed by atoms with Crippen molar-refractivity contribution in [3.63, 3.8) is 0 Å². The lowest BCUT2D eigenvalue weighted by Crippen LogP contribution is -2.30. The molecule has 0 radical (unpaired) electrons. The largest absolute Gasteiger partial charge is 0.504 e. The van der Waals surface area contributed by atoms with Crippen molar-refractivity contribution in [3.05, 3.63) is 32.3 Å². The fourth-order valence-electron chi connectivity index (χ4n) is 2.42. The molecule has 23 heavy (non-hydrogen) atoms. The summed E-state index contributed by atoms with van der Waals surface area (Å²) >= 11 is 12.1. The van der Waals surface area contributed by atoms with Crippen LogP contribution in [0.1, 0.15) is 33.0 Å². The highest BCUT2D eigenvalue weighted by Crippen LogP contribution is 2.34. The Morgan fingerprint density at radius 2 is 2.04 bits per heavy atom. The molecule has 0 aliphatic carbocycles. The summed E-state index contributed by atoms with van der Waals surface area (Å²) in [6, 6.07) is 1.37. The summed E-state index contributed by atoms with van der Waals surface area (Å²) in [7, 11) is 0. The minimum Gasteiger partial charge on any atom is -0.504 e. The van der Waals surface area contributed by atoms with Crippen LogP contribution >= 0.6 is 23.2 Å². The molecule has 0 bridgehead atoms. The number of aromatic hydroxyl groups is 1. The molecule has 0 spiro atoms. The lowest BCUT2D eigenvalue weighted by molar-refractivity contribution is 0.470. The summed E-state index contributed by atoms with van der Waals surface area (Å²) in [6.45, 7) is 7.91. The van der Waals surface area contributed by atoms with Crippen LogP contribution < -0.4 is 10.9 Å². The van der Waals surface area contributed by atoms with Gasteiger partial charge in [-0.2, -0.15) is 0 Å². The minimum atomic E-state index is -0.256. The van der Waals surface area contributed by atoms with Crippen LogP contribution in [-0.4, -0.2) is 21.2 Å². The van der Waals surface area contributed by atoms with Gasteiger partial charge in [-0.1, -0.05) is 44.0 Å². The first-order valence-corrected chi connectivity index (χ1v) is 8.43. The summed E-state index contributed by atoms with van der Waals surface area (Å²) in [6.07, 6.45) is 0.977. The summed E-state index contributed by atoms with van der Waals surface area (Å²) < 4.78 is 1.62. The lowest BCUT2D eigenvalue weighted by Gasteiger charge is -2.17. The van der Waals surface area contributed by atoms with Gasteiger partial charge in [-0.3, -0.25) is 9.36 Å². The van der Waals surface area contributed by atoms with E-state index < -0.39 is 0 Å². The van der Waals surface area contributed by atoms with Crippen molar-refractivity contribution >= 4 is 34.1 Å². The molecule has 1 aromatic heterocycles. The maximum Gasteiger partial charge on any atom is 0.263 e. The topological polar surface area (TPSA) is 67.2 Å². The number of aromatic nitrogens is 2. The van der Waals surface area contributed by atoms with Crippen molar-refractivity contribution in [2.75, 3.05) is 6.54 Å². The number of phenols is 1. The first-order chi connectivity index (χ1) is 10.9. The zero-order valence-corrected chi connectivity index (χ0v) is 15.0. The third kappa shape index (κ3) is 3.79. The number of phenolic OH excluding ortho intramolecular Hbond substituents is 1. The molecule has 0 amide bonds. The van der Waals surface area contributed by atoms with Crippen LogP contribution in [0.25, 0.3) is 10.9 Å². The van der Waals surface area contributed by atoms with Crippen LogP contribution in [0, 0.1) is 5.92 Å². The van der Waals surface area contributed by atoms with E-state index in [1.165, 1.54) is 6.07 Å². The highest BCUT2D eigenvalue weighted by atomic mass is 35.5. The van der Waals surface area contributed by atoms with Crippen LogP contribution in [0.15, 0.2) is 10.9 Å². The zero-order valence-electron chi connectivity index (χ0n) is 13.5. The summed E-state index contributed by atoms with van der Waals surface area (Å²) in [5.74, 6) is 0.631. The number of nitrogens with zero attached hydrogens (tertiary/aromatic N) is 2. The van der Waals surface area contributed by atoms with Crippen LogP contribution in [0.4, 0.5) is 0 Å². The normalized spacial score (nSPS) is 11.6. The second-order valence-electron chi connectivity index (χ2n) is 5.93. The van der Waals surface area contributed by atoms with Gasteiger partial charge >= 0.3 is 0 Å². The third-order valence-electron chi connectivity index (χ3n) is 3.45. The number of hydrogen-bond donors (Lipinski definition) is 2. The molecule has 0 saturated carbocycles. The van der Waals surface area contributed by atoms with Crippen molar-refractivity contribution in [2.24, 2.45) is 5.92 Å². The number of nitrogens with one attached hydrogen (secondary N) is 1. The molecule has 0 aliphatic rings. The van der Waals surface area contributed by atoms with Crippen molar-refractivity contribution in [1.82, 2.24) is 14.9 Å². The number of fused-ring (bicyclic) bond motifs is 1. The highest BCUT2D eigenvalue weighted by molar-refractivity contribution is 6.39. The summed E-state index contributed by atoms with van der Waals surface area (Å²) in [5, 5.41) is 13.9. The number of rotatable bonds is 6. The molecular weight excluding hydrogens is 337 g/mol. The van der Waals surface area contributed by atoms with Gasteiger partial charge in [0.25, 0.3) is 5.56 Å². The maximum absolute atomic E-state index is 12.9. The fourth-order valence-corrected chi connectivity index (χ4v) is 2.95. The van der Waals surface area contributed by atoms with Gasteiger partial charge < -0.3 is 10.4 Å². The predicted octanol–water partition coefficient (Wildman–Crippen LogP) is 3.56. The number of hydrogen-bond acceptors (Lipinski definition) is 4. The van der Waals surface area contributed by atoms with Gasteiger partial charge in [0.2, 0.25) is 0 Å². The summed E-state index contributed by atoms with van der Waals surface area (Å²) in [5.41, 5.74) is -0.102. The maximum atomic E-state index is 12.9. The molecule has 7 heteroatoms. The fraction of sp³-hybridized carbons (Fsp3) is 0.500. The van der Waals surface area contributed by atoms with E-state index in [2.05, 4.69) is 17.2 Å². The Morgan fingerprint density at radius 3 is 2.65 bits per heavy atom. The summed E-state index contributed by atoms with van der Waals surface area (Å²) in [4.78, 5) is 17.3. The Morgan fingerprint density at radius 1 is 1.35 bits per heavy atom. The Kier molecular flexibility index (Phi) is 5.89. The van der Waals surface area contributed by atoms with E-state index >= 15 is 0 Å². The molecule has 2 N–H and O–H groups in total. The molecule has 0 atom stereocenters. The van der Waals surface area contributed by atoms with E-state index in [1.807, 2.05) is 13.8 Å². The van der Waals surface area contributed by atoms with Crippen molar-refractivity contribution in [3.8, 4) is 5.75 Å². The van der Waals surface area contributed by atoms with Crippen LogP contribution in [0.3, 0.4) is 0 Å². The van der Waals surface area contributed by atoms with Gasteiger partial charge in [0, 0.05) is 6.54 Å². The Labute approximate surface area is 145 Å². The number of halogens is 2. The van der Waals surface area contributed by atoms with E-state index in [0.717, 1.165) is 13.0 Å². The van der Waals surface area contributed by atoms with E-state index in [0.29, 0.717) is 18.9 Å². The lowest BCUT2D eigenvalue weighted by atomic mass is 10.2. The van der Waals surface area contributed by atoms with Gasteiger partial charge in [-0.05, 0) is 24.9 Å². The van der Waals surface area contributed by atoms with Gasteiger partial charge in [0.15, 0.2) is 5.75 Å². The average molecular weight is 358 g/mol. The van der Waals surface area contributed by atoms with Gasteiger partial charge in [-0.15, -0.1) is 0 Å². The second kappa shape index (κ2) is 7.51. The molecule has 1 heterocycles. The molecule has 0 aliphatic heterocycles. The van der Waals surface area contributed by atoms with E-state index in [1.54, 1.807) is 4.57 Å². The smallest absolute Gasteiger partial charge is 0.263 e. The Balaban J connectivity index is 2.70. The molecule has 0 saturated heterocycles. The van der Waals surface area contributed by atoms with Crippen LogP contribution in [0.2, 0.25) is 10.0 Å². The Bertz CT molecular complexity index is 772. The van der Waals surface area contributed by atoms with Crippen LogP contribution in [-0.2, 0) is 13.1 Å².